The minimum Gasteiger partial charge on any atom is -0.343 e. The number of para-hydroxylation sites is 2. The lowest BCUT2D eigenvalue weighted by Crippen LogP contribution is -2.62. The predicted octanol–water partition coefficient (Wildman–Crippen LogP) is 3.18. The molecule has 0 aliphatic carbocycles. The third-order valence-corrected chi connectivity index (χ3v) is 6.70. The number of nitrogens with zero attached hydrogens (tertiary/aromatic N) is 2. The zero-order chi connectivity index (χ0) is 23.4. The number of fused-ring (bicyclic) bond motifs is 1. The third kappa shape index (κ3) is 5.52. The maximum absolute atomic E-state index is 12.7. The molecule has 0 unspecified atom stereocenters. The van der Waals surface area contributed by atoms with E-state index in [1.807, 2.05) is 34.4 Å². The van der Waals surface area contributed by atoms with Crippen molar-refractivity contribution in [2.24, 2.45) is 5.73 Å². The number of nitro groups is 1. The zero-order valence-corrected chi connectivity index (χ0v) is 19.9. The molecule has 1 aliphatic heterocycles. The molecule has 4 rings (SSSR count). The van der Waals surface area contributed by atoms with E-state index >= 15 is 0 Å². The second kappa shape index (κ2) is 11.4. The second-order valence-corrected chi connectivity index (χ2v) is 8.94. The Hall–Kier alpha value is -3.08. The van der Waals surface area contributed by atoms with E-state index in [0.717, 1.165) is 29.3 Å². The monoisotopic (exact) mass is 503 g/mol. The highest BCUT2D eigenvalue weighted by Gasteiger charge is 2.33. The average molecular weight is 504 g/mol. The normalized spacial score (nSPS) is 17.7. The molecular formula is C23H26ClN5O4S. The molecule has 2 atom stereocenters. The van der Waals surface area contributed by atoms with Gasteiger partial charge in [0.2, 0.25) is 11.8 Å². The summed E-state index contributed by atoms with van der Waals surface area (Å²) in [4.78, 5) is 36.7. The van der Waals surface area contributed by atoms with E-state index in [9.17, 15) is 19.7 Å². The molecule has 9 nitrogen and oxygen atoms in total. The van der Waals surface area contributed by atoms with E-state index in [1.54, 1.807) is 18.2 Å². The standard InChI is InChI=1S/C23H25N5O4S.ClH/c24-12-6-5-8-17-22(29)26-18(23(30)25-17)13-15-14-27(19-9-2-1-7-16(15)19)33-21-11-4-3-10-20(21)28(31)32;/h1-4,7,9-11,14,17-18H,5-6,8,12-13,24H2,(H,25,30)(H,26,29);1H/t17-,18+;/m1./s1. The smallest absolute Gasteiger partial charge is 0.284 e. The minimum atomic E-state index is -0.682. The molecule has 4 N–H and O–H groups in total. The van der Waals surface area contributed by atoms with Crippen molar-refractivity contribution in [3.63, 3.8) is 0 Å². The van der Waals surface area contributed by atoms with Gasteiger partial charge in [-0.2, -0.15) is 0 Å². The highest BCUT2D eigenvalue weighted by atomic mass is 35.5. The summed E-state index contributed by atoms with van der Waals surface area (Å²) in [6, 6.07) is 13.0. The van der Waals surface area contributed by atoms with Gasteiger partial charge in [0, 0.05) is 24.1 Å². The largest absolute Gasteiger partial charge is 0.343 e. The highest BCUT2D eigenvalue weighted by molar-refractivity contribution is 7.98. The summed E-state index contributed by atoms with van der Waals surface area (Å²) >= 11 is 1.24. The van der Waals surface area contributed by atoms with Crippen LogP contribution in [-0.2, 0) is 16.0 Å². The van der Waals surface area contributed by atoms with E-state index in [1.165, 1.54) is 18.0 Å². The number of carbonyl (C=O) groups excluding carboxylic acids is 2. The number of halogens is 1. The number of amides is 2. The summed E-state index contributed by atoms with van der Waals surface area (Å²) in [7, 11) is 0. The zero-order valence-electron chi connectivity index (χ0n) is 18.3. The van der Waals surface area contributed by atoms with Gasteiger partial charge in [-0.3, -0.25) is 23.7 Å². The van der Waals surface area contributed by atoms with Crippen molar-refractivity contribution >= 4 is 52.8 Å². The van der Waals surface area contributed by atoms with Crippen LogP contribution in [0.25, 0.3) is 10.9 Å². The topological polar surface area (TPSA) is 132 Å². The summed E-state index contributed by atoms with van der Waals surface area (Å²) in [6.45, 7) is 0.555. The van der Waals surface area contributed by atoms with E-state index in [-0.39, 0.29) is 29.9 Å². The van der Waals surface area contributed by atoms with Crippen LogP contribution in [0.4, 0.5) is 5.69 Å². The predicted molar refractivity (Wildman–Crippen MR) is 134 cm³/mol. The van der Waals surface area contributed by atoms with Crippen LogP contribution in [0.2, 0.25) is 0 Å². The lowest BCUT2D eigenvalue weighted by molar-refractivity contribution is -0.387. The van der Waals surface area contributed by atoms with Gasteiger partial charge in [-0.1, -0.05) is 30.3 Å². The Morgan fingerprint density at radius 2 is 1.68 bits per heavy atom. The number of aromatic nitrogens is 1. The molecule has 0 radical (unpaired) electrons. The van der Waals surface area contributed by atoms with Crippen LogP contribution in [0.3, 0.4) is 0 Å². The number of unbranched alkanes of at least 4 members (excludes halogenated alkanes) is 1. The molecule has 1 aliphatic rings. The van der Waals surface area contributed by atoms with Crippen molar-refractivity contribution in [2.75, 3.05) is 6.54 Å². The fourth-order valence-electron chi connectivity index (χ4n) is 3.98. The first-order valence-corrected chi connectivity index (χ1v) is 11.6. The van der Waals surface area contributed by atoms with E-state index in [0.29, 0.717) is 24.3 Å². The number of carbonyl (C=O) groups is 2. The van der Waals surface area contributed by atoms with Gasteiger partial charge in [-0.05, 0) is 55.5 Å². The summed E-state index contributed by atoms with van der Waals surface area (Å²) < 4.78 is 1.87. The highest BCUT2D eigenvalue weighted by Crippen LogP contribution is 2.34. The van der Waals surface area contributed by atoms with Crippen LogP contribution in [0.5, 0.6) is 0 Å². The summed E-state index contributed by atoms with van der Waals surface area (Å²) in [6.07, 6.45) is 4.33. The maximum atomic E-state index is 12.7. The van der Waals surface area contributed by atoms with E-state index in [2.05, 4.69) is 10.6 Å². The van der Waals surface area contributed by atoms with Gasteiger partial charge in [0.15, 0.2) is 0 Å². The fourth-order valence-corrected chi connectivity index (χ4v) is 5.01. The molecule has 11 heteroatoms. The summed E-state index contributed by atoms with van der Waals surface area (Å²) in [5, 5.41) is 18.0. The van der Waals surface area contributed by atoms with Crippen molar-refractivity contribution in [3.05, 3.63) is 70.4 Å². The van der Waals surface area contributed by atoms with Gasteiger partial charge in [0.05, 0.1) is 10.4 Å². The quantitative estimate of drug-likeness (QED) is 0.233. The molecule has 2 aromatic carbocycles. The van der Waals surface area contributed by atoms with E-state index < -0.39 is 17.0 Å². The van der Waals surface area contributed by atoms with Gasteiger partial charge in [0.25, 0.3) is 5.69 Å². The molecular weight excluding hydrogens is 478 g/mol. The Morgan fingerprint density at radius 3 is 2.44 bits per heavy atom. The number of piperazine rings is 1. The van der Waals surface area contributed by atoms with Crippen LogP contribution in [-0.4, -0.2) is 39.3 Å². The minimum absolute atomic E-state index is 0. The first-order valence-electron chi connectivity index (χ1n) is 10.8. The Labute approximate surface area is 207 Å². The van der Waals surface area contributed by atoms with Crippen molar-refractivity contribution in [2.45, 2.75) is 42.7 Å². The lowest BCUT2D eigenvalue weighted by atomic mass is 9.99. The summed E-state index contributed by atoms with van der Waals surface area (Å²) in [5.74, 6) is -0.398. The van der Waals surface area contributed by atoms with Crippen LogP contribution in [0.1, 0.15) is 24.8 Å². The molecule has 3 aromatic rings. The first-order chi connectivity index (χ1) is 16.0. The molecule has 1 aromatic heterocycles. The SMILES string of the molecule is Cl.NCCCC[C@H]1NC(=O)[C@H](Cc2cn(Sc3ccccc3[N+](=O)[O-])c3ccccc23)NC1=O. The van der Waals surface area contributed by atoms with Crippen molar-refractivity contribution in [1.29, 1.82) is 0 Å². The maximum Gasteiger partial charge on any atom is 0.284 e. The molecule has 0 spiro atoms. The number of hydrogen-bond acceptors (Lipinski definition) is 6. The molecule has 1 fully saturated rings. The van der Waals surface area contributed by atoms with Gasteiger partial charge in [-0.25, -0.2) is 0 Å². The van der Waals surface area contributed by atoms with Gasteiger partial charge in [-0.15, -0.1) is 12.4 Å². The van der Waals surface area contributed by atoms with Crippen LogP contribution < -0.4 is 16.4 Å². The first kappa shape index (κ1) is 25.5. The third-order valence-electron chi connectivity index (χ3n) is 5.66. The fraction of sp³-hybridized carbons (Fsp3) is 0.304. The molecule has 2 heterocycles. The molecule has 180 valence electrons. The number of rotatable bonds is 9. The molecule has 1 saturated heterocycles. The van der Waals surface area contributed by atoms with Crippen molar-refractivity contribution < 1.29 is 14.5 Å². The Morgan fingerprint density at radius 1 is 1.00 bits per heavy atom. The lowest BCUT2D eigenvalue weighted by Gasteiger charge is -2.29. The Balaban J connectivity index is 0.00000324. The molecule has 0 bridgehead atoms. The summed E-state index contributed by atoms with van der Waals surface area (Å²) in [5.41, 5.74) is 7.28. The van der Waals surface area contributed by atoms with Crippen LogP contribution >= 0.6 is 24.4 Å². The van der Waals surface area contributed by atoms with Crippen LogP contribution in [0, 0.1) is 10.1 Å². The average Bonchev–Trinajstić information content (AvgIpc) is 3.14. The molecule has 34 heavy (non-hydrogen) atoms. The molecule has 2 amide bonds. The Bertz CT molecular complexity index is 1200. The van der Waals surface area contributed by atoms with E-state index in [4.69, 9.17) is 5.73 Å². The molecule has 0 saturated carbocycles. The van der Waals surface area contributed by atoms with Crippen LogP contribution in [0.15, 0.2) is 59.6 Å². The number of hydrogen-bond donors (Lipinski definition) is 3. The van der Waals surface area contributed by atoms with Crippen molar-refractivity contribution in [1.82, 2.24) is 14.6 Å². The second-order valence-electron chi connectivity index (χ2n) is 7.92. The number of nitro benzene ring substituents is 1. The number of nitrogens with two attached hydrogens (primary N) is 1. The van der Waals surface area contributed by atoms with Gasteiger partial charge >= 0.3 is 0 Å². The number of nitrogens with one attached hydrogen (secondary N) is 2. The van der Waals surface area contributed by atoms with Crippen molar-refractivity contribution in [3.8, 4) is 0 Å². The van der Waals surface area contributed by atoms with Gasteiger partial charge < -0.3 is 16.4 Å². The van der Waals surface area contributed by atoms with Gasteiger partial charge in [0.1, 0.15) is 17.0 Å². The Kier molecular flexibility index (Phi) is 8.54. The number of benzene rings is 2.